The number of amides is 1. The first-order chi connectivity index (χ1) is 10.1. The first kappa shape index (κ1) is 15.3. The maximum atomic E-state index is 12.6. The van der Waals surface area contributed by atoms with Crippen LogP contribution in [0.4, 0.5) is 5.69 Å². The van der Waals surface area contributed by atoms with Crippen LogP contribution in [-0.2, 0) is 11.4 Å². The molecule has 1 aliphatic carbocycles. The van der Waals surface area contributed by atoms with Gasteiger partial charge in [-0.25, -0.2) is 0 Å². The molecule has 0 heterocycles. The first-order valence-electron chi connectivity index (χ1n) is 7.11. The number of nitrogens with two attached hydrogens (primary N) is 1. The molecule has 6 heteroatoms. The SMILES string of the molecule is N/C(=N/O)C1(C(=O)Nc2ccc(CO)cc2)CCCCC1. The van der Waals surface area contributed by atoms with Crippen LogP contribution in [0.2, 0.25) is 0 Å². The van der Waals surface area contributed by atoms with Gasteiger partial charge in [-0.15, -0.1) is 0 Å². The van der Waals surface area contributed by atoms with Crippen LogP contribution in [0.25, 0.3) is 0 Å². The summed E-state index contributed by atoms with van der Waals surface area (Å²) in [6.45, 7) is -0.0394. The summed E-state index contributed by atoms with van der Waals surface area (Å²) in [5.74, 6) is -0.263. The van der Waals surface area contributed by atoms with Gasteiger partial charge in [0.1, 0.15) is 5.41 Å². The highest BCUT2D eigenvalue weighted by Crippen LogP contribution is 2.37. The number of hydrogen-bond donors (Lipinski definition) is 4. The number of rotatable bonds is 4. The monoisotopic (exact) mass is 291 g/mol. The summed E-state index contributed by atoms with van der Waals surface area (Å²) in [5.41, 5.74) is 6.27. The Morgan fingerprint density at radius 3 is 2.38 bits per heavy atom. The third-order valence-corrected chi connectivity index (χ3v) is 4.13. The van der Waals surface area contributed by atoms with E-state index in [4.69, 9.17) is 16.0 Å². The lowest BCUT2D eigenvalue weighted by Crippen LogP contribution is -2.48. The van der Waals surface area contributed by atoms with E-state index in [-0.39, 0.29) is 18.3 Å². The standard InChI is InChI=1S/C15H21N3O3/c16-13(18-21)15(8-2-1-3-9-15)14(20)17-12-6-4-11(10-19)5-7-12/h4-7,19,21H,1-3,8-10H2,(H2,16,18)(H,17,20). The van der Waals surface area contributed by atoms with E-state index in [2.05, 4.69) is 10.5 Å². The molecule has 0 aliphatic heterocycles. The fraction of sp³-hybridized carbons (Fsp3) is 0.467. The number of aliphatic hydroxyl groups excluding tert-OH is 1. The van der Waals surface area contributed by atoms with Gasteiger partial charge in [0.15, 0.2) is 5.84 Å². The van der Waals surface area contributed by atoms with E-state index in [1.54, 1.807) is 24.3 Å². The van der Waals surface area contributed by atoms with E-state index in [1.807, 2.05) is 0 Å². The molecule has 0 spiro atoms. The molecule has 1 fully saturated rings. The van der Waals surface area contributed by atoms with Crippen molar-refractivity contribution in [3.63, 3.8) is 0 Å². The summed E-state index contributed by atoms with van der Waals surface area (Å²) in [5, 5.41) is 23.9. The predicted molar refractivity (Wildman–Crippen MR) is 79.9 cm³/mol. The quantitative estimate of drug-likeness (QED) is 0.293. The van der Waals surface area contributed by atoms with Crippen LogP contribution in [-0.4, -0.2) is 22.1 Å². The molecular formula is C15H21N3O3. The van der Waals surface area contributed by atoms with Gasteiger partial charge in [-0.05, 0) is 30.5 Å². The number of amidine groups is 1. The highest BCUT2D eigenvalue weighted by Gasteiger charge is 2.43. The number of aliphatic hydroxyl groups is 1. The Balaban J connectivity index is 2.18. The topological polar surface area (TPSA) is 108 Å². The summed E-state index contributed by atoms with van der Waals surface area (Å²) in [7, 11) is 0. The molecule has 0 unspecified atom stereocenters. The highest BCUT2D eigenvalue weighted by atomic mass is 16.4. The average molecular weight is 291 g/mol. The highest BCUT2D eigenvalue weighted by molar-refractivity contribution is 6.11. The zero-order valence-corrected chi connectivity index (χ0v) is 11.9. The molecular weight excluding hydrogens is 270 g/mol. The van der Waals surface area contributed by atoms with E-state index in [1.165, 1.54) is 0 Å². The molecule has 1 aliphatic rings. The molecule has 1 saturated carbocycles. The van der Waals surface area contributed by atoms with Crippen LogP contribution in [0, 0.1) is 5.41 Å². The minimum atomic E-state index is -0.928. The molecule has 1 aromatic rings. The Hall–Kier alpha value is -2.08. The summed E-state index contributed by atoms with van der Waals surface area (Å²) in [6.07, 6.45) is 3.99. The first-order valence-corrected chi connectivity index (χ1v) is 7.11. The van der Waals surface area contributed by atoms with Gasteiger partial charge in [0.2, 0.25) is 5.91 Å². The van der Waals surface area contributed by atoms with Crippen molar-refractivity contribution in [3.8, 4) is 0 Å². The summed E-state index contributed by atoms with van der Waals surface area (Å²) >= 11 is 0. The van der Waals surface area contributed by atoms with Crippen LogP contribution in [0.5, 0.6) is 0 Å². The maximum absolute atomic E-state index is 12.6. The second-order valence-electron chi connectivity index (χ2n) is 5.44. The molecule has 5 N–H and O–H groups in total. The third-order valence-electron chi connectivity index (χ3n) is 4.13. The van der Waals surface area contributed by atoms with Gasteiger partial charge in [0.05, 0.1) is 6.61 Å². The zero-order valence-electron chi connectivity index (χ0n) is 11.9. The largest absolute Gasteiger partial charge is 0.409 e. The number of carbonyl (C=O) groups is 1. The Kier molecular flexibility index (Phi) is 4.80. The fourth-order valence-electron chi connectivity index (χ4n) is 2.79. The average Bonchev–Trinajstić information content (AvgIpc) is 2.55. The predicted octanol–water partition coefficient (Wildman–Crippen LogP) is 1.81. The van der Waals surface area contributed by atoms with Gasteiger partial charge < -0.3 is 21.4 Å². The van der Waals surface area contributed by atoms with Gasteiger partial charge in [0.25, 0.3) is 0 Å². The molecule has 2 rings (SSSR count). The molecule has 0 radical (unpaired) electrons. The second kappa shape index (κ2) is 6.58. The Bertz CT molecular complexity index is 519. The lowest BCUT2D eigenvalue weighted by molar-refractivity contribution is -0.123. The van der Waals surface area contributed by atoms with Crippen molar-refractivity contribution in [1.29, 1.82) is 0 Å². The zero-order chi connectivity index (χ0) is 15.3. The van der Waals surface area contributed by atoms with Crippen molar-refractivity contribution in [2.24, 2.45) is 16.3 Å². The van der Waals surface area contributed by atoms with E-state index in [0.717, 1.165) is 24.8 Å². The number of hydrogen-bond acceptors (Lipinski definition) is 4. The smallest absolute Gasteiger partial charge is 0.238 e. The second-order valence-corrected chi connectivity index (χ2v) is 5.44. The number of anilines is 1. The fourth-order valence-corrected chi connectivity index (χ4v) is 2.79. The number of oxime groups is 1. The molecule has 1 aromatic carbocycles. The van der Waals surface area contributed by atoms with Gasteiger partial charge >= 0.3 is 0 Å². The molecule has 0 bridgehead atoms. The van der Waals surface area contributed by atoms with Crippen molar-refractivity contribution >= 4 is 17.4 Å². The minimum Gasteiger partial charge on any atom is -0.409 e. The molecule has 21 heavy (non-hydrogen) atoms. The van der Waals surface area contributed by atoms with Crippen molar-refractivity contribution in [2.75, 3.05) is 5.32 Å². The van der Waals surface area contributed by atoms with Crippen LogP contribution >= 0.6 is 0 Å². The molecule has 1 amide bonds. The Morgan fingerprint density at radius 1 is 1.24 bits per heavy atom. The summed E-state index contributed by atoms with van der Waals surface area (Å²) < 4.78 is 0. The number of benzene rings is 1. The summed E-state index contributed by atoms with van der Waals surface area (Å²) in [4.78, 5) is 12.6. The summed E-state index contributed by atoms with van der Waals surface area (Å²) in [6, 6.07) is 6.94. The van der Waals surface area contributed by atoms with Crippen LogP contribution < -0.4 is 11.1 Å². The Morgan fingerprint density at radius 2 is 1.86 bits per heavy atom. The molecule has 0 aromatic heterocycles. The van der Waals surface area contributed by atoms with Crippen molar-refractivity contribution in [2.45, 2.75) is 38.7 Å². The van der Waals surface area contributed by atoms with E-state index < -0.39 is 5.41 Å². The number of nitrogens with one attached hydrogen (secondary N) is 1. The molecule has 0 saturated heterocycles. The molecule has 0 atom stereocenters. The molecule has 114 valence electrons. The Labute approximate surface area is 123 Å². The number of carbonyl (C=O) groups excluding carboxylic acids is 1. The van der Waals surface area contributed by atoms with Gasteiger partial charge in [-0.1, -0.05) is 36.6 Å². The van der Waals surface area contributed by atoms with Crippen molar-refractivity contribution in [3.05, 3.63) is 29.8 Å². The van der Waals surface area contributed by atoms with Gasteiger partial charge in [0, 0.05) is 5.69 Å². The molecule has 6 nitrogen and oxygen atoms in total. The lowest BCUT2D eigenvalue weighted by Gasteiger charge is -2.34. The van der Waals surface area contributed by atoms with Gasteiger partial charge in [-0.2, -0.15) is 0 Å². The number of nitrogens with zero attached hydrogens (tertiary/aromatic N) is 1. The minimum absolute atomic E-state index is 0.0216. The third kappa shape index (κ3) is 3.16. The van der Waals surface area contributed by atoms with E-state index in [9.17, 15) is 4.79 Å². The van der Waals surface area contributed by atoms with Gasteiger partial charge in [-0.3, -0.25) is 4.79 Å². The van der Waals surface area contributed by atoms with Crippen LogP contribution in [0.3, 0.4) is 0 Å². The van der Waals surface area contributed by atoms with Crippen LogP contribution in [0.1, 0.15) is 37.7 Å². The maximum Gasteiger partial charge on any atom is 0.238 e. The van der Waals surface area contributed by atoms with Crippen molar-refractivity contribution in [1.82, 2.24) is 0 Å². The van der Waals surface area contributed by atoms with Crippen molar-refractivity contribution < 1.29 is 15.1 Å². The van der Waals surface area contributed by atoms with Crippen LogP contribution in [0.15, 0.2) is 29.4 Å². The lowest BCUT2D eigenvalue weighted by atomic mass is 9.72. The van der Waals surface area contributed by atoms with E-state index >= 15 is 0 Å². The van der Waals surface area contributed by atoms with E-state index in [0.29, 0.717) is 18.5 Å². The normalized spacial score (nSPS) is 18.2.